The van der Waals surface area contributed by atoms with E-state index in [2.05, 4.69) is 5.32 Å². The molecule has 9 nitrogen and oxygen atoms in total. The van der Waals surface area contributed by atoms with Gasteiger partial charge in [-0.05, 0) is 26.0 Å². The molecule has 0 aliphatic carbocycles. The second kappa shape index (κ2) is 8.61. The summed E-state index contributed by atoms with van der Waals surface area (Å²) in [5, 5.41) is 8.38. The minimum absolute atomic E-state index is 0.0323. The van der Waals surface area contributed by atoms with E-state index >= 15 is 0 Å². The fourth-order valence-corrected chi connectivity index (χ4v) is 6.97. The van der Waals surface area contributed by atoms with Crippen molar-refractivity contribution in [3.63, 3.8) is 0 Å². The average Bonchev–Trinajstić information content (AvgIpc) is 3.02. The largest absolute Gasteiger partial charge is 0.356 e. The summed E-state index contributed by atoms with van der Waals surface area (Å²) in [5.41, 5.74) is 0.460. The Kier molecular flexibility index (Phi) is 7.18. The normalized spacial score (nSPS) is 21.5. The number of fused-ring (bicyclic) bond motifs is 1. The molecule has 12 heteroatoms. The van der Waals surface area contributed by atoms with Gasteiger partial charge in [-0.25, -0.2) is 22.0 Å². The highest BCUT2D eigenvalue weighted by molar-refractivity contribution is 7.94. The molecule has 0 bridgehead atoms. The molecular formula is C14H25N3O6S3. The number of hydrogen-bond acceptors (Lipinski definition) is 8. The predicted molar refractivity (Wildman–Crippen MR) is 97.9 cm³/mol. The number of sulfonamides is 2. The molecule has 3 N–H and O–H groups in total. The van der Waals surface area contributed by atoms with Gasteiger partial charge in [0.25, 0.3) is 10.0 Å². The standard InChI is InChI=1S/C14H25N3O6S3/c1-4-16-12-9-17(6-5-7-23-10(2)22-3)26(20,21)14-11(12)8-13(24-14)25(15,18)19/h8,10,12,16H,4-7,9H2,1-3H3,(H2,15,18,19)/t10?,12-/m0/s1. The van der Waals surface area contributed by atoms with E-state index in [1.54, 1.807) is 6.92 Å². The summed E-state index contributed by atoms with van der Waals surface area (Å²) in [6.07, 6.45) is 0.137. The number of primary sulfonamides is 1. The molecule has 0 saturated heterocycles. The number of rotatable bonds is 9. The molecule has 1 aliphatic heterocycles. The summed E-state index contributed by atoms with van der Waals surface area (Å²) >= 11 is 0.696. The highest BCUT2D eigenvalue weighted by Crippen LogP contribution is 2.39. The van der Waals surface area contributed by atoms with Crippen LogP contribution in [0.2, 0.25) is 0 Å². The number of likely N-dealkylation sites (N-methyl/N-ethyl adjacent to an activating group) is 1. The number of nitrogens with zero attached hydrogens (tertiary/aromatic N) is 1. The molecule has 0 aromatic carbocycles. The van der Waals surface area contributed by atoms with Gasteiger partial charge < -0.3 is 14.8 Å². The number of nitrogens with two attached hydrogens (primary N) is 1. The smallest absolute Gasteiger partial charge is 0.252 e. The summed E-state index contributed by atoms with van der Waals surface area (Å²) < 4.78 is 60.7. The molecule has 1 aromatic heterocycles. The van der Waals surface area contributed by atoms with Gasteiger partial charge in [-0.3, -0.25) is 0 Å². The van der Waals surface area contributed by atoms with Crippen LogP contribution in [0.4, 0.5) is 0 Å². The van der Waals surface area contributed by atoms with Crippen LogP contribution in [-0.2, 0) is 29.5 Å². The molecule has 2 rings (SSSR count). The van der Waals surface area contributed by atoms with Gasteiger partial charge in [0.1, 0.15) is 8.42 Å². The third kappa shape index (κ3) is 4.81. The Balaban J connectivity index is 2.24. The minimum Gasteiger partial charge on any atom is -0.356 e. The molecule has 0 saturated carbocycles. The van der Waals surface area contributed by atoms with Crippen LogP contribution in [0.5, 0.6) is 0 Å². The van der Waals surface area contributed by atoms with Crippen LogP contribution in [0, 0.1) is 0 Å². The first-order valence-electron chi connectivity index (χ1n) is 8.15. The fourth-order valence-electron chi connectivity index (χ4n) is 2.66. The van der Waals surface area contributed by atoms with Crippen molar-refractivity contribution in [2.24, 2.45) is 5.14 Å². The second-order valence-electron chi connectivity index (χ2n) is 5.85. The van der Waals surface area contributed by atoms with Crippen molar-refractivity contribution in [1.82, 2.24) is 9.62 Å². The Hall–Kier alpha value is -0.600. The summed E-state index contributed by atoms with van der Waals surface area (Å²) in [5.74, 6) is 0. The third-order valence-electron chi connectivity index (χ3n) is 4.01. The van der Waals surface area contributed by atoms with Gasteiger partial charge in [0, 0.05) is 31.8 Å². The monoisotopic (exact) mass is 427 g/mol. The second-order valence-corrected chi connectivity index (χ2v) is 10.8. The van der Waals surface area contributed by atoms with Crippen molar-refractivity contribution in [3.8, 4) is 0 Å². The van der Waals surface area contributed by atoms with Gasteiger partial charge in [0.15, 0.2) is 6.29 Å². The maximum absolute atomic E-state index is 12.9. The Bertz CT molecular complexity index is 821. The van der Waals surface area contributed by atoms with E-state index in [1.165, 1.54) is 17.5 Å². The van der Waals surface area contributed by atoms with Crippen molar-refractivity contribution >= 4 is 31.4 Å². The van der Waals surface area contributed by atoms with Crippen molar-refractivity contribution in [3.05, 3.63) is 11.6 Å². The molecule has 0 fully saturated rings. The summed E-state index contributed by atoms with van der Waals surface area (Å²) in [4.78, 5) is 0. The van der Waals surface area contributed by atoms with Crippen LogP contribution in [0.15, 0.2) is 14.5 Å². The quantitative estimate of drug-likeness (QED) is 0.432. The molecular weight excluding hydrogens is 402 g/mol. The first-order chi connectivity index (χ1) is 12.1. The van der Waals surface area contributed by atoms with Crippen molar-refractivity contribution < 1.29 is 26.3 Å². The van der Waals surface area contributed by atoms with E-state index in [0.29, 0.717) is 36.5 Å². The molecule has 0 radical (unpaired) electrons. The van der Waals surface area contributed by atoms with E-state index in [9.17, 15) is 16.8 Å². The zero-order valence-corrected chi connectivity index (χ0v) is 17.4. The van der Waals surface area contributed by atoms with Gasteiger partial charge in [-0.1, -0.05) is 6.92 Å². The maximum Gasteiger partial charge on any atom is 0.252 e. The molecule has 150 valence electrons. The van der Waals surface area contributed by atoms with Gasteiger partial charge in [0.05, 0.1) is 6.61 Å². The lowest BCUT2D eigenvalue weighted by Gasteiger charge is -2.32. The number of nitrogens with one attached hydrogen (secondary N) is 1. The molecule has 1 aliphatic rings. The fraction of sp³-hybridized carbons (Fsp3) is 0.714. The third-order valence-corrected chi connectivity index (χ3v) is 8.97. The lowest BCUT2D eigenvalue weighted by molar-refractivity contribution is -0.111. The van der Waals surface area contributed by atoms with Crippen LogP contribution in [0.1, 0.15) is 31.9 Å². The first kappa shape index (κ1) is 21.7. The van der Waals surface area contributed by atoms with Crippen LogP contribution in [0.25, 0.3) is 0 Å². The Morgan fingerprint density at radius 1 is 1.50 bits per heavy atom. The van der Waals surface area contributed by atoms with Crippen LogP contribution < -0.4 is 10.5 Å². The molecule has 2 atom stereocenters. The topological polar surface area (TPSA) is 128 Å². The SMILES string of the molecule is CCN[C@H]1CN(CCCOC(C)OC)S(=O)(=O)c2sc(S(N)(=O)=O)cc21. The summed E-state index contributed by atoms with van der Waals surface area (Å²) in [6, 6.07) is 1.07. The minimum atomic E-state index is -3.96. The van der Waals surface area contributed by atoms with E-state index < -0.39 is 20.0 Å². The highest BCUT2D eigenvalue weighted by atomic mass is 32.3. The van der Waals surface area contributed by atoms with Crippen molar-refractivity contribution in [1.29, 1.82) is 0 Å². The molecule has 0 spiro atoms. The number of hydrogen-bond donors (Lipinski definition) is 2. The number of ether oxygens (including phenoxy) is 2. The van der Waals surface area contributed by atoms with Crippen LogP contribution in [0.3, 0.4) is 0 Å². The molecule has 2 heterocycles. The van der Waals surface area contributed by atoms with E-state index in [-0.39, 0.29) is 33.8 Å². The Morgan fingerprint density at radius 2 is 2.19 bits per heavy atom. The zero-order chi connectivity index (χ0) is 19.5. The summed E-state index contributed by atoms with van der Waals surface area (Å²) in [6.45, 7) is 5.12. The lowest BCUT2D eigenvalue weighted by atomic mass is 10.1. The maximum atomic E-state index is 12.9. The average molecular weight is 428 g/mol. The zero-order valence-electron chi connectivity index (χ0n) is 15.0. The first-order valence-corrected chi connectivity index (χ1v) is 12.0. The molecule has 1 aromatic rings. The van der Waals surface area contributed by atoms with E-state index in [4.69, 9.17) is 14.6 Å². The summed E-state index contributed by atoms with van der Waals surface area (Å²) in [7, 11) is -6.21. The van der Waals surface area contributed by atoms with Crippen LogP contribution >= 0.6 is 11.3 Å². The van der Waals surface area contributed by atoms with Gasteiger partial charge in [-0.15, -0.1) is 11.3 Å². The highest BCUT2D eigenvalue weighted by Gasteiger charge is 2.39. The van der Waals surface area contributed by atoms with E-state index in [0.717, 1.165) is 0 Å². The van der Waals surface area contributed by atoms with Gasteiger partial charge >= 0.3 is 0 Å². The van der Waals surface area contributed by atoms with Crippen molar-refractivity contribution in [2.75, 3.05) is 33.4 Å². The lowest BCUT2D eigenvalue weighted by Crippen LogP contribution is -2.43. The van der Waals surface area contributed by atoms with Crippen molar-refractivity contribution in [2.45, 2.75) is 41.0 Å². The van der Waals surface area contributed by atoms with Gasteiger partial charge in [-0.2, -0.15) is 4.31 Å². The Morgan fingerprint density at radius 3 is 2.77 bits per heavy atom. The van der Waals surface area contributed by atoms with Crippen LogP contribution in [-0.4, -0.2) is 60.8 Å². The molecule has 0 amide bonds. The number of methoxy groups -OCH3 is 1. The van der Waals surface area contributed by atoms with Gasteiger partial charge in [0.2, 0.25) is 10.0 Å². The van der Waals surface area contributed by atoms with E-state index in [1.807, 2.05) is 6.92 Å². The molecule has 1 unspecified atom stereocenters. The Labute approximate surface area is 158 Å². The molecule has 26 heavy (non-hydrogen) atoms. The number of thiophene rings is 1. The predicted octanol–water partition coefficient (Wildman–Crippen LogP) is 0.450.